The van der Waals surface area contributed by atoms with Gasteiger partial charge in [0.2, 0.25) is 0 Å². The van der Waals surface area contributed by atoms with Gasteiger partial charge in [-0.15, -0.1) is 0 Å². The minimum Gasteiger partial charge on any atom is -0.370 e. The molecule has 1 unspecified atom stereocenters. The van der Waals surface area contributed by atoms with Crippen molar-refractivity contribution in [2.45, 2.75) is 38.8 Å². The highest BCUT2D eigenvalue weighted by molar-refractivity contribution is 5.77. The molecule has 1 aromatic carbocycles. The van der Waals surface area contributed by atoms with E-state index in [0.717, 1.165) is 65.3 Å². The summed E-state index contributed by atoms with van der Waals surface area (Å²) in [5, 5.41) is 3.29. The molecule has 1 aromatic rings. The molecule has 0 aromatic heterocycles. The smallest absolute Gasteiger partial charge is 0.188 e. The predicted molar refractivity (Wildman–Crippen MR) is 118 cm³/mol. The molecule has 2 heterocycles. The van der Waals surface area contributed by atoms with Crippen LogP contribution in [0.4, 0.5) is 0 Å². The fourth-order valence-electron chi connectivity index (χ4n) is 4.31. The van der Waals surface area contributed by atoms with Gasteiger partial charge in [-0.05, 0) is 44.5 Å². The molecule has 28 heavy (non-hydrogen) atoms. The van der Waals surface area contributed by atoms with E-state index in [0.29, 0.717) is 12.0 Å². The van der Waals surface area contributed by atoms with E-state index in [2.05, 4.69) is 62.3 Å². The molecule has 0 spiro atoms. The number of nitrogens with one attached hydrogen (secondary N) is 1. The van der Waals surface area contributed by atoms with Crippen molar-refractivity contribution in [1.29, 1.82) is 0 Å². The summed E-state index contributed by atoms with van der Waals surface area (Å²) in [5.74, 6) is 0.607. The molecule has 3 rings (SSSR count). The van der Waals surface area contributed by atoms with E-state index in [1.807, 2.05) is 0 Å². The molecular weight excluding hydrogens is 348 g/mol. The molecule has 2 aliphatic rings. The molecule has 6 heteroatoms. The Morgan fingerprint density at radius 3 is 2.61 bits per heavy atom. The van der Waals surface area contributed by atoms with Crippen molar-refractivity contribution in [3.63, 3.8) is 0 Å². The van der Waals surface area contributed by atoms with Gasteiger partial charge in [0.05, 0.1) is 6.54 Å². The standard InChI is InChI=1S/C22H38N6/c1-2-28-13-6-10-21(28)18-25-22(23)24-11-7-12-26-14-16-27(17-15-26)19-20-8-4-3-5-9-20/h3-5,8-9,21H,2,6-7,10-19H2,1H3,(H3,23,24,25). The fourth-order valence-corrected chi connectivity index (χ4v) is 4.31. The van der Waals surface area contributed by atoms with Crippen LogP contribution in [0.2, 0.25) is 0 Å². The van der Waals surface area contributed by atoms with Crippen LogP contribution in [-0.4, -0.2) is 85.6 Å². The molecule has 2 fully saturated rings. The molecule has 156 valence electrons. The molecule has 0 aliphatic carbocycles. The normalized spacial score (nSPS) is 22.6. The lowest BCUT2D eigenvalue weighted by Crippen LogP contribution is -2.46. The van der Waals surface area contributed by atoms with Crippen LogP contribution < -0.4 is 11.1 Å². The zero-order chi connectivity index (χ0) is 19.6. The summed E-state index contributed by atoms with van der Waals surface area (Å²) in [5.41, 5.74) is 7.46. The first-order valence-electron chi connectivity index (χ1n) is 11.0. The van der Waals surface area contributed by atoms with Crippen LogP contribution in [-0.2, 0) is 6.54 Å². The molecule has 0 amide bonds. The summed E-state index contributed by atoms with van der Waals surface area (Å²) in [6.07, 6.45) is 3.65. The van der Waals surface area contributed by atoms with E-state index in [-0.39, 0.29) is 0 Å². The summed E-state index contributed by atoms with van der Waals surface area (Å²) in [7, 11) is 0. The first kappa shape index (κ1) is 21.1. The van der Waals surface area contributed by atoms with Gasteiger partial charge in [-0.1, -0.05) is 37.3 Å². The first-order chi connectivity index (χ1) is 13.7. The van der Waals surface area contributed by atoms with Crippen molar-refractivity contribution in [2.24, 2.45) is 10.7 Å². The Kier molecular flexibility index (Phi) is 8.58. The Balaban J connectivity index is 1.25. The number of nitrogens with zero attached hydrogens (tertiary/aromatic N) is 4. The average molecular weight is 387 g/mol. The van der Waals surface area contributed by atoms with Gasteiger partial charge >= 0.3 is 0 Å². The summed E-state index contributed by atoms with van der Waals surface area (Å²) >= 11 is 0. The van der Waals surface area contributed by atoms with E-state index in [9.17, 15) is 0 Å². The molecule has 0 radical (unpaired) electrons. The summed E-state index contributed by atoms with van der Waals surface area (Å²) in [6.45, 7) is 13.1. The Hall–Kier alpha value is -1.63. The van der Waals surface area contributed by atoms with E-state index in [4.69, 9.17) is 5.73 Å². The fraction of sp³-hybridized carbons (Fsp3) is 0.682. The lowest BCUT2D eigenvalue weighted by atomic mass is 10.2. The number of hydrogen-bond donors (Lipinski definition) is 2. The van der Waals surface area contributed by atoms with Gasteiger partial charge in [-0.2, -0.15) is 0 Å². The number of guanidine groups is 1. The molecule has 2 aliphatic heterocycles. The van der Waals surface area contributed by atoms with Gasteiger partial charge in [0.25, 0.3) is 0 Å². The number of nitrogens with two attached hydrogens (primary N) is 1. The number of likely N-dealkylation sites (N-methyl/N-ethyl adjacent to an activating group) is 1. The Bertz CT molecular complexity index is 582. The highest BCUT2D eigenvalue weighted by Crippen LogP contribution is 2.16. The maximum atomic E-state index is 6.05. The number of likely N-dealkylation sites (tertiary alicyclic amines) is 1. The second-order valence-electron chi connectivity index (χ2n) is 8.03. The molecule has 2 saturated heterocycles. The zero-order valence-electron chi connectivity index (χ0n) is 17.5. The molecular formula is C22H38N6. The number of benzene rings is 1. The van der Waals surface area contributed by atoms with Gasteiger partial charge in [0.15, 0.2) is 5.96 Å². The monoisotopic (exact) mass is 386 g/mol. The van der Waals surface area contributed by atoms with Crippen molar-refractivity contribution in [3.8, 4) is 0 Å². The third kappa shape index (κ3) is 6.76. The number of rotatable bonds is 9. The number of hydrogen-bond acceptors (Lipinski definition) is 4. The minimum absolute atomic E-state index is 0.581. The summed E-state index contributed by atoms with van der Waals surface area (Å²) < 4.78 is 0. The molecule has 0 saturated carbocycles. The van der Waals surface area contributed by atoms with Crippen molar-refractivity contribution in [2.75, 3.05) is 58.9 Å². The largest absolute Gasteiger partial charge is 0.370 e. The molecule has 1 atom stereocenters. The predicted octanol–water partition coefficient (Wildman–Crippen LogP) is 1.58. The number of piperazine rings is 1. The topological polar surface area (TPSA) is 60.1 Å². The van der Waals surface area contributed by atoms with E-state index < -0.39 is 0 Å². The van der Waals surface area contributed by atoms with Crippen molar-refractivity contribution in [1.82, 2.24) is 20.0 Å². The second kappa shape index (κ2) is 11.4. The van der Waals surface area contributed by atoms with Crippen LogP contribution in [0, 0.1) is 0 Å². The summed E-state index contributed by atoms with van der Waals surface area (Å²) in [4.78, 5) is 12.2. The zero-order valence-corrected chi connectivity index (χ0v) is 17.5. The van der Waals surface area contributed by atoms with E-state index in [1.165, 1.54) is 24.9 Å². The molecule has 3 N–H and O–H groups in total. The van der Waals surface area contributed by atoms with Crippen molar-refractivity contribution >= 4 is 5.96 Å². The average Bonchev–Trinajstić information content (AvgIpc) is 3.19. The Morgan fingerprint density at radius 2 is 1.86 bits per heavy atom. The van der Waals surface area contributed by atoms with Gasteiger partial charge in [-0.25, -0.2) is 0 Å². The van der Waals surface area contributed by atoms with Gasteiger partial charge < -0.3 is 16.0 Å². The minimum atomic E-state index is 0.581. The van der Waals surface area contributed by atoms with Crippen LogP contribution in [0.5, 0.6) is 0 Å². The molecule has 0 bridgehead atoms. The number of aliphatic imine (C=N–C) groups is 1. The van der Waals surface area contributed by atoms with Crippen molar-refractivity contribution < 1.29 is 0 Å². The summed E-state index contributed by atoms with van der Waals surface area (Å²) in [6, 6.07) is 11.4. The van der Waals surface area contributed by atoms with Crippen LogP contribution in [0.15, 0.2) is 35.3 Å². The van der Waals surface area contributed by atoms with Crippen LogP contribution >= 0.6 is 0 Å². The maximum Gasteiger partial charge on any atom is 0.188 e. The Labute approximate surface area is 170 Å². The quantitative estimate of drug-likeness (QED) is 0.383. The van der Waals surface area contributed by atoms with Crippen LogP contribution in [0.25, 0.3) is 0 Å². The van der Waals surface area contributed by atoms with Crippen LogP contribution in [0.1, 0.15) is 31.7 Å². The first-order valence-corrected chi connectivity index (χ1v) is 11.0. The van der Waals surface area contributed by atoms with E-state index in [1.54, 1.807) is 0 Å². The highest BCUT2D eigenvalue weighted by Gasteiger charge is 2.22. The van der Waals surface area contributed by atoms with Gasteiger partial charge in [-0.3, -0.25) is 14.8 Å². The molecule has 6 nitrogen and oxygen atoms in total. The maximum absolute atomic E-state index is 6.05. The van der Waals surface area contributed by atoms with Crippen molar-refractivity contribution in [3.05, 3.63) is 35.9 Å². The van der Waals surface area contributed by atoms with Crippen LogP contribution in [0.3, 0.4) is 0 Å². The van der Waals surface area contributed by atoms with Gasteiger partial charge in [0.1, 0.15) is 0 Å². The van der Waals surface area contributed by atoms with E-state index >= 15 is 0 Å². The SMILES string of the molecule is CCN1CCCC1CN=C(N)NCCCN1CCN(Cc2ccccc2)CC1. The Morgan fingerprint density at radius 1 is 1.11 bits per heavy atom. The second-order valence-corrected chi connectivity index (χ2v) is 8.03. The van der Waals surface area contributed by atoms with Gasteiger partial charge in [0, 0.05) is 45.3 Å². The lowest BCUT2D eigenvalue weighted by Gasteiger charge is -2.34. The third-order valence-electron chi connectivity index (χ3n) is 6.05. The third-order valence-corrected chi connectivity index (χ3v) is 6.05. The highest BCUT2D eigenvalue weighted by atomic mass is 15.3. The lowest BCUT2D eigenvalue weighted by molar-refractivity contribution is 0.126.